The van der Waals surface area contributed by atoms with Crippen molar-refractivity contribution in [2.45, 2.75) is 33.8 Å². The number of anilines is 1. The van der Waals surface area contributed by atoms with Crippen molar-refractivity contribution >= 4 is 21.6 Å². The summed E-state index contributed by atoms with van der Waals surface area (Å²) < 4.78 is 32.0. The van der Waals surface area contributed by atoms with Crippen LogP contribution in [-0.2, 0) is 19.6 Å². The molecule has 0 radical (unpaired) electrons. The van der Waals surface area contributed by atoms with E-state index in [-0.39, 0.29) is 17.8 Å². The molecule has 0 bridgehead atoms. The summed E-state index contributed by atoms with van der Waals surface area (Å²) in [6.45, 7) is 8.11. The summed E-state index contributed by atoms with van der Waals surface area (Å²) in [6, 6.07) is 7.03. The molecule has 2 N–H and O–H groups in total. The van der Waals surface area contributed by atoms with Gasteiger partial charge in [-0.2, -0.15) is 0 Å². The van der Waals surface area contributed by atoms with Crippen LogP contribution in [0.4, 0.5) is 5.69 Å². The van der Waals surface area contributed by atoms with Crippen LogP contribution < -0.4 is 10.0 Å². The van der Waals surface area contributed by atoms with Crippen LogP contribution in [0.3, 0.4) is 0 Å². The largest absolute Gasteiger partial charge is 0.377 e. The van der Waals surface area contributed by atoms with Crippen LogP contribution in [0.5, 0.6) is 0 Å². The first-order valence-corrected chi connectivity index (χ1v) is 9.31. The Morgan fingerprint density at radius 1 is 1.17 bits per heavy atom. The smallest absolute Gasteiger partial charge is 0.233 e. The fourth-order valence-electron chi connectivity index (χ4n) is 1.89. The molecule has 0 spiro atoms. The zero-order chi connectivity index (χ0) is 17.5. The molecule has 1 unspecified atom stereocenters. The molecular formula is C16H26N2O4S. The molecule has 1 aromatic rings. The Kier molecular flexibility index (Phi) is 7.51. The highest BCUT2D eigenvalue weighted by Gasteiger charge is 2.21. The van der Waals surface area contributed by atoms with Crippen molar-refractivity contribution in [3.8, 4) is 0 Å². The van der Waals surface area contributed by atoms with E-state index in [2.05, 4.69) is 10.0 Å². The van der Waals surface area contributed by atoms with Gasteiger partial charge in [-0.3, -0.25) is 9.52 Å². The van der Waals surface area contributed by atoms with Gasteiger partial charge < -0.3 is 10.1 Å². The van der Waals surface area contributed by atoms with Gasteiger partial charge in [-0.15, -0.1) is 0 Å². The molecule has 7 heteroatoms. The van der Waals surface area contributed by atoms with E-state index in [4.69, 9.17) is 4.74 Å². The van der Waals surface area contributed by atoms with Crippen molar-refractivity contribution in [3.05, 3.63) is 29.8 Å². The SMILES string of the molecule is Cc1ccc(NS(=O)(=O)CC(C)C(=O)NCCOC(C)C)cc1. The van der Waals surface area contributed by atoms with Gasteiger partial charge in [0, 0.05) is 12.2 Å². The van der Waals surface area contributed by atoms with Gasteiger partial charge >= 0.3 is 0 Å². The van der Waals surface area contributed by atoms with E-state index < -0.39 is 15.9 Å². The van der Waals surface area contributed by atoms with Gasteiger partial charge in [0.15, 0.2) is 0 Å². The fourth-order valence-corrected chi connectivity index (χ4v) is 3.28. The van der Waals surface area contributed by atoms with E-state index in [1.54, 1.807) is 19.1 Å². The molecule has 6 nitrogen and oxygen atoms in total. The predicted molar refractivity (Wildman–Crippen MR) is 91.9 cm³/mol. The Morgan fingerprint density at radius 2 is 1.78 bits per heavy atom. The second-order valence-electron chi connectivity index (χ2n) is 5.86. The second-order valence-corrected chi connectivity index (χ2v) is 7.63. The molecule has 0 heterocycles. The number of hydrogen-bond donors (Lipinski definition) is 2. The monoisotopic (exact) mass is 342 g/mol. The Balaban J connectivity index is 2.46. The lowest BCUT2D eigenvalue weighted by molar-refractivity contribution is -0.124. The zero-order valence-corrected chi connectivity index (χ0v) is 14.9. The number of sulfonamides is 1. The third-order valence-corrected chi connectivity index (χ3v) is 4.58. The summed E-state index contributed by atoms with van der Waals surface area (Å²) in [6.07, 6.45) is 0.100. The van der Waals surface area contributed by atoms with Crippen LogP contribution in [0, 0.1) is 12.8 Å². The van der Waals surface area contributed by atoms with E-state index in [0.717, 1.165) is 5.56 Å². The van der Waals surface area contributed by atoms with Crippen LogP contribution in [0.2, 0.25) is 0 Å². The summed E-state index contributed by atoms with van der Waals surface area (Å²) in [5.74, 6) is -1.21. The van der Waals surface area contributed by atoms with Crippen LogP contribution in [0.25, 0.3) is 0 Å². The van der Waals surface area contributed by atoms with Crippen molar-refractivity contribution in [1.82, 2.24) is 5.32 Å². The lowest BCUT2D eigenvalue weighted by Crippen LogP contribution is -2.36. The molecule has 0 fully saturated rings. The highest BCUT2D eigenvalue weighted by molar-refractivity contribution is 7.92. The third-order valence-electron chi connectivity index (χ3n) is 3.09. The number of carbonyl (C=O) groups excluding carboxylic acids is 1. The van der Waals surface area contributed by atoms with E-state index in [0.29, 0.717) is 18.8 Å². The average molecular weight is 342 g/mol. The van der Waals surface area contributed by atoms with Gasteiger partial charge in [-0.25, -0.2) is 8.42 Å². The number of benzene rings is 1. The maximum atomic E-state index is 12.1. The topological polar surface area (TPSA) is 84.5 Å². The molecular weight excluding hydrogens is 316 g/mol. The minimum atomic E-state index is -3.58. The van der Waals surface area contributed by atoms with Gasteiger partial charge in [-0.05, 0) is 32.9 Å². The van der Waals surface area contributed by atoms with Gasteiger partial charge in [-0.1, -0.05) is 24.6 Å². The molecule has 0 aliphatic carbocycles. The van der Waals surface area contributed by atoms with Gasteiger partial charge in [0.05, 0.1) is 24.4 Å². The number of aryl methyl sites for hydroxylation is 1. The highest BCUT2D eigenvalue weighted by Crippen LogP contribution is 2.12. The second kappa shape index (κ2) is 8.88. The van der Waals surface area contributed by atoms with Gasteiger partial charge in [0.2, 0.25) is 15.9 Å². The van der Waals surface area contributed by atoms with E-state index in [1.165, 1.54) is 0 Å². The number of carbonyl (C=O) groups is 1. The van der Waals surface area contributed by atoms with Gasteiger partial charge in [0.25, 0.3) is 0 Å². The van der Waals surface area contributed by atoms with Crippen molar-refractivity contribution in [1.29, 1.82) is 0 Å². The van der Waals surface area contributed by atoms with Crippen LogP contribution >= 0.6 is 0 Å². The number of ether oxygens (including phenoxy) is 1. The quantitative estimate of drug-likeness (QED) is 0.672. The van der Waals surface area contributed by atoms with Crippen molar-refractivity contribution in [2.75, 3.05) is 23.6 Å². The molecule has 130 valence electrons. The minimum Gasteiger partial charge on any atom is -0.377 e. The van der Waals surface area contributed by atoms with Crippen LogP contribution in [0.1, 0.15) is 26.3 Å². The molecule has 0 aromatic heterocycles. The lowest BCUT2D eigenvalue weighted by Gasteiger charge is -2.14. The Morgan fingerprint density at radius 3 is 2.35 bits per heavy atom. The average Bonchev–Trinajstić information content (AvgIpc) is 2.44. The molecule has 0 aliphatic heterocycles. The molecule has 23 heavy (non-hydrogen) atoms. The van der Waals surface area contributed by atoms with Crippen molar-refractivity contribution < 1.29 is 17.9 Å². The Hall–Kier alpha value is -1.60. The summed E-state index contributed by atoms with van der Waals surface area (Å²) in [5.41, 5.74) is 1.54. The van der Waals surface area contributed by atoms with E-state index in [9.17, 15) is 13.2 Å². The van der Waals surface area contributed by atoms with E-state index in [1.807, 2.05) is 32.9 Å². The highest BCUT2D eigenvalue weighted by atomic mass is 32.2. The summed E-state index contributed by atoms with van der Waals surface area (Å²) in [5, 5.41) is 2.68. The molecule has 1 aromatic carbocycles. The van der Waals surface area contributed by atoms with Crippen molar-refractivity contribution in [3.63, 3.8) is 0 Å². The minimum absolute atomic E-state index is 0.100. The number of nitrogens with one attached hydrogen (secondary N) is 2. The number of amides is 1. The molecule has 1 amide bonds. The first-order valence-electron chi connectivity index (χ1n) is 7.66. The number of rotatable bonds is 9. The molecule has 1 atom stereocenters. The normalized spacial score (nSPS) is 12.9. The zero-order valence-electron chi connectivity index (χ0n) is 14.1. The lowest BCUT2D eigenvalue weighted by atomic mass is 10.2. The van der Waals surface area contributed by atoms with Gasteiger partial charge in [0.1, 0.15) is 0 Å². The molecule has 0 saturated carbocycles. The Labute approximate surface area is 138 Å². The first kappa shape index (κ1) is 19.4. The summed E-state index contributed by atoms with van der Waals surface area (Å²) in [7, 11) is -3.58. The molecule has 1 rings (SSSR count). The standard InChI is InChI=1S/C16H26N2O4S/c1-12(2)22-10-9-17-16(19)14(4)11-23(20,21)18-15-7-5-13(3)6-8-15/h5-8,12,14,18H,9-11H2,1-4H3,(H,17,19). The van der Waals surface area contributed by atoms with E-state index >= 15 is 0 Å². The van der Waals surface area contributed by atoms with Crippen LogP contribution in [0.15, 0.2) is 24.3 Å². The number of hydrogen-bond acceptors (Lipinski definition) is 4. The summed E-state index contributed by atoms with van der Waals surface area (Å²) >= 11 is 0. The molecule has 0 saturated heterocycles. The van der Waals surface area contributed by atoms with Crippen LogP contribution in [-0.4, -0.2) is 39.3 Å². The first-order chi connectivity index (χ1) is 10.7. The molecule has 0 aliphatic rings. The fraction of sp³-hybridized carbons (Fsp3) is 0.562. The summed E-state index contributed by atoms with van der Waals surface area (Å²) in [4.78, 5) is 11.9. The Bertz CT molecular complexity index is 597. The maximum Gasteiger partial charge on any atom is 0.233 e. The predicted octanol–water partition coefficient (Wildman–Crippen LogP) is 1.91. The third kappa shape index (κ3) is 7.99. The van der Waals surface area contributed by atoms with Crippen molar-refractivity contribution in [2.24, 2.45) is 5.92 Å². The maximum absolute atomic E-state index is 12.1.